The van der Waals surface area contributed by atoms with Crippen molar-refractivity contribution in [2.75, 3.05) is 18.3 Å². The minimum absolute atomic E-state index is 0.0401. The van der Waals surface area contributed by atoms with Crippen LogP contribution >= 0.6 is 0 Å². The van der Waals surface area contributed by atoms with Crippen molar-refractivity contribution in [3.8, 4) is 0 Å². The third kappa shape index (κ3) is 14.4. The number of hydrogen-bond acceptors (Lipinski definition) is 4. The molecule has 0 N–H and O–H groups in total. The van der Waals surface area contributed by atoms with Gasteiger partial charge in [0, 0.05) is 0 Å². The molecule has 0 amide bonds. The first-order chi connectivity index (χ1) is 9.20. The van der Waals surface area contributed by atoms with Crippen LogP contribution in [0, 0.1) is 0 Å². The van der Waals surface area contributed by atoms with Crippen molar-refractivity contribution >= 4 is 22.2 Å². The molecule has 0 saturated heterocycles. The zero-order valence-electron chi connectivity index (χ0n) is 12.2. The summed E-state index contributed by atoms with van der Waals surface area (Å²) in [6.07, 6.45) is 8.66. The second kappa shape index (κ2) is 14.6. The molecule has 0 radical (unpaired) electrons. The highest BCUT2D eigenvalue weighted by atomic mass is 32.3. The standard InChI is InChI=1S/C13H28O4S2/c1-3-5-7-9-11-16-18(14)13-19(15)17-12-10-8-6-4-2/h3-13H2,1-2H3. The van der Waals surface area contributed by atoms with Crippen LogP contribution in [-0.2, 0) is 30.5 Å². The smallest absolute Gasteiger partial charge is 0.170 e. The third-order valence-corrected chi connectivity index (χ3v) is 5.02. The Bertz CT molecular complexity index is 223. The summed E-state index contributed by atoms with van der Waals surface area (Å²) in [4.78, 5) is 0. The summed E-state index contributed by atoms with van der Waals surface area (Å²) in [7, 11) is 0. The first kappa shape index (κ1) is 19.2. The van der Waals surface area contributed by atoms with Crippen LogP contribution in [0.25, 0.3) is 0 Å². The maximum Gasteiger partial charge on any atom is 0.170 e. The molecule has 0 fully saturated rings. The van der Waals surface area contributed by atoms with E-state index in [0.29, 0.717) is 13.2 Å². The second-order valence-corrected chi connectivity index (χ2v) is 7.12. The van der Waals surface area contributed by atoms with E-state index in [9.17, 15) is 8.42 Å². The van der Waals surface area contributed by atoms with Crippen molar-refractivity contribution < 1.29 is 16.8 Å². The van der Waals surface area contributed by atoms with Gasteiger partial charge in [-0.1, -0.05) is 52.4 Å². The molecular formula is C13H28O4S2. The van der Waals surface area contributed by atoms with E-state index in [-0.39, 0.29) is 5.08 Å². The maximum absolute atomic E-state index is 11.4. The first-order valence-corrected chi connectivity index (χ1v) is 9.72. The summed E-state index contributed by atoms with van der Waals surface area (Å²) in [6.45, 7) is 5.22. The zero-order chi connectivity index (χ0) is 14.3. The molecule has 0 aliphatic rings. The van der Waals surface area contributed by atoms with Crippen LogP contribution in [0.3, 0.4) is 0 Å². The Kier molecular flexibility index (Phi) is 14.8. The van der Waals surface area contributed by atoms with Crippen molar-refractivity contribution in [1.29, 1.82) is 0 Å². The largest absolute Gasteiger partial charge is 0.290 e. The molecule has 2 atom stereocenters. The summed E-state index contributed by atoms with van der Waals surface area (Å²) in [5.74, 6) is 0. The summed E-state index contributed by atoms with van der Waals surface area (Å²) < 4.78 is 33.1. The van der Waals surface area contributed by atoms with Crippen LogP contribution in [0.1, 0.15) is 65.2 Å². The highest BCUT2D eigenvalue weighted by molar-refractivity contribution is 7.97. The fourth-order valence-corrected chi connectivity index (χ4v) is 3.29. The normalized spacial score (nSPS) is 14.4. The van der Waals surface area contributed by atoms with E-state index in [4.69, 9.17) is 8.37 Å². The van der Waals surface area contributed by atoms with E-state index in [1.54, 1.807) is 0 Å². The van der Waals surface area contributed by atoms with Crippen LogP contribution < -0.4 is 0 Å². The SMILES string of the molecule is CCCCCCOS(=O)CS(=O)OCCCCCC. The highest BCUT2D eigenvalue weighted by Gasteiger charge is 2.07. The van der Waals surface area contributed by atoms with E-state index in [2.05, 4.69) is 13.8 Å². The van der Waals surface area contributed by atoms with Gasteiger partial charge in [0.2, 0.25) is 0 Å². The van der Waals surface area contributed by atoms with Crippen LogP contribution in [0.15, 0.2) is 0 Å². The van der Waals surface area contributed by atoms with Crippen molar-refractivity contribution in [3.05, 3.63) is 0 Å². The third-order valence-electron chi connectivity index (χ3n) is 2.62. The Hall–Kier alpha value is 0.220. The second-order valence-electron chi connectivity index (χ2n) is 4.49. The van der Waals surface area contributed by atoms with Crippen molar-refractivity contribution in [2.24, 2.45) is 0 Å². The molecule has 0 heterocycles. The molecule has 0 aliphatic carbocycles. The molecule has 2 unspecified atom stereocenters. The summed E-state index contributed by atoms with van der Waals surface area (Å²) in [5, 5.41) is -0.0401. The van der Waals surface area contributed by atoms with Gasteiger partial charge in [-0.25, -0.2) is 8.42 Å². The average Bonchev–Trinajstić information content (AvgIpc) is 2.38. The van der Waals surface area contributed by atoms with Crippen LogP contribution in [0.4, 0.5) is 0 Å². The summed E-state index contributed by atoms with van der Waals surface area (Å²) in [5.41, 5.74) is 0. The van der Waals surface area contributed by atoms with E-state index in [1.165, 1.54) is 25.7 Å². The lowest BCUT2D eigenvalue weighted by Gasteiger charge is -2.04. The van der Waals surface area contributed by atoms with E-state index in [0.717, 1.165) is 25.7 Å². The molecule has 0 saturated carbocycles. The molecular weight excluding hydrogens is 284 g/mol. The molecule has 0 aromatic rings. The van der Waals surface area contributed by atoms with Gasteiger partial charge in [-0.15, -0.1) is 0 Å². The molecule has 0 aromatic heterocycles. The lowest BCUT2D eigenvalue weighted by atomic mass is 10.2. The van der Waals surface area contributed by atoms with E-state index in [1.807, 2.05) is 0 Å². The number of rotatable bonds is 14. The molecule has 0 spiro atoms. The van der Waals surface area contributed by atoms with Crippen molar-refractivity contribution in [2.45, 2.75) is 65.2 Å². The Balaban J connectivity index is 3.40. The summed E-state index contributed by atoms with van der Waals surface area (Å²) >= 11 is -2.98. The molecule has 116 valence electrons. The van der Waals surface area contributed by atoms with Crippen LogP contribution in [-0.4, -0.2) is 26.7 Å². The van der Waals surface area contributed by atoms with Gasteiger partial charge in [-0.2, -0.15) is 0 Å². The fourth-order valence-electron chi connectivity index (χ4n) is 1.51. The Morgan fingerprint density at radius 2 is 1.11 bits per heavy atom. The zero-order valence-corrected chi connectivity index (χ0v) is 13.9. The molecule has 6 heteroatoms. The van der Waals surface area contributed by atoms with Gasteiger partial charge >= 0.3 is 0 Å². The minimum Gasteiger partial charge on any atom is -0.290 e. The van der Waals surface area contributed by atoms with Crippen molar-refractivity contribution in [1.82, 2.24) is 0 Å². The van der Waals surface area contributed by atoms with Gasteiger partial charge in [-0.3, -0.25) is 8.37 Å². The van der Waals surface area contributed by atoms with Gasteiger partial charge in [0.1, 0.15) is 0 Å². The van der Waals surface area contributed by atoms with E-state index >= 15 is 0 Å². The number of hydrogen-bond donors (Lipinski definition) is 0. The minimum atomic E-state index is -1.49. The van der Waals surface area contributed by atoms with Crippen LogP contribution in [0.5, 0.6) is 0 Å². The summed E-state index contributed by atoms with van der Waals surface area (Å²) in [6, 6.07) is 0. The molecule has 0 aliphatic heterocycles. The highest BCUT2D eigenvalue weighted by Crippen LogP contribution is 2.03. The molecule has 4 nitrogen and oxygen atoms in total. The van der Waals surface area contributed by atoms with Gasteiger partial charge in [-0.05, 0) is 12.8 Å². The Morgan fingerprint density at radius 1 is 0.684 bits per heavy atom. The van der Waals surface area contributed by atoms with Crippen molar-refractivity contribution in [3.63, 3.8) is 0 Å². The Labute approximate surface area is 123 Å². The molecule has 19 heavy (non-hydrogen) atoms. The maximum atomic E-state index is 11.4. The molecule has 0 bridgehead atoms. The topological polar surface area (TPSA) is 52.6 Å². The first-order valence-electron chi connectivity index (χ1n) is 7.24. The lowest BCUT2D eigenvalue weighted by molar-refractivity contribution is 0.327. The monoisotopic (exact) mass is 312 g/mol. The predicted octanol–water partition coefficient (Wildman–Crippen LogP) is 3.47. The van der Waals surface area contributed by atoms with Crippen LogP contribution in [0.2, 0.25) is 0 Å². The Morgan fingerprint density at radius 3 is 1.47 bits per heavy atom. The quantitative estimate of drug-likeness (QED) is 0.461. The lowest BCUT2D eigenvalue weighted by Crippen LogP contribution is -2.11. The molecule has 0 aromatic carbocycles. The molecule has 0 rings (SSSR count). The van der Waals surface area contributed by atoms with E-state index < -0.39 is 22.2 Å². The average molecular weight is 312 g/mol. The van der Waals surface area contributed by atoms with Gasteiger partial charge < -0.3 is 0 Å². The van der Waals surface area contributed by atoms with Gasteiger partial charge in [0.15, 0.2) is 27.2 Å². The number of unbranched alkanes of at least 4 members (excludes halogenated alkanes) is 6. The predicted molar refractivity (Wildman–Crippen MR) is 81.3 cm³/mol. The fraction of sp³-hybridized carbons (Fsp3) is 1.00. The van der Waals surface area contributed by atoms with Gasteiger partial charge in [0.25, 0.3) is 0 Å². The van der Waals surface area contributed by atoms with Gasteiger partial charge in [0.05, 0.1) is 13.2 Å².